The van der Waals surface area contributed by atoms with Gasteiger partial charge in [-0.2, -0.15) is 13.2 Å². The highest BCUT2D eigenvalue weighted by molar-refractivity contribution is 5.99. The number of alkyl halides is 3. The van der Waals surface area contributed by atoms with E-state index in [1.54, 1.807) is 5.32 Å². The van der Waals surface area contributed by atoms with Gasteiger partial charge < -0.3 is 10.2 Å². The molecule has 0 aliphatic heterocycles. The minimum absolute atomic E-state index is 0.566. The molecule has 1 amide bonds. The summed E-state index contributed by atoms with van der Waals surface area (Å²) in [6.45, 7) is 0. The van der Waals surface area contributed by atoms with Crippen LogP contribution in [0.5, 0.6) is 0 Å². The van der Waals surface area contributed by atoms with Crippen molar-refractivity contribution in [3.8, 4) is 0 Å². The molecule has 1 aromatic carbocycles. The molecule has 0 aliphatic carbocycles. The van der Waals surface area contributed by atoms with Gasteiger partial charge in [0, 0.05) is 0 Å². The Labute approximate surface area is 92.5 Å². The number of aromatic carboxylic acids is 1. The number of hydrogen-bond acceptors (Lipinski definition) is 2. The fourth-order valence-electron chi connectivity index (χ4n) is 1.24. The second-order valence-electron chi connectivity index (χ2n) is 2.96. The van der Waals surface area contributed by atoms with Gasteiger partial charge in [-0.1, -0.05) is 6.07 Å². The number of hydrogen-bond donors (Lipinski definition) is 3. The van der Waals surface area contributed by atoms with Crippen molar-refractivity contribution in [2.45, 2.75) is 6.18 Å². The van der Waals surface area contributed by atoms with E-state index in [4.69, 9.17) is 10.2 Å². The Hall–Kier alpha value is -2.25. The molecule has 0 fully saturated rings. The molecule has 0 saturated carbocycles. The summed E-state index contributed by atoms with van der Waals surface area (Å²) < 4.78 is 37.5. The number of carbonyl (C=O) groups is 2. The van der Waals surface area contributed by atoms with Crippen LogP contribution in [0.1, 0.15) is 15.9 Å². The first-order valence-electron chi connectivity index (χ1n) is 4.17. The van der Waals surface area contributed by atoms with E-state index in [-0.39, 0.29) is 0 Å². The third-order valence-corrected chi connectivity index (χ3v) is 1.83. The zero-order valence-electron chi connectivity index (χ0n) is 8.08. The first kappa shape index (κ1) is 12.8. The second-order valence-corrected chi connectivity index (χ2v) is 2.96. The molecule has 5 nitrogen and oxygen atoms in total. The van der Waals surface area contributed by atoms with Gasteiger partial charge in [-0.15, -0.1) is 0 Å². The molecule has 1 aromatic rings. The van der Waals surface area contributed by atoms with E-state index in [2.05, 4.69) is 0 Å². The molecule has 3 N–H and O–H groups in total. The molecule has 0 unspecified atom stereocenters. The maximum atomic E-state index is 12.5. The van der Waals surface area contributed by atoms with Gasteiger partial charge in [0.05, 0.1) is 16.8 Å². The highest BCUT2D eigenvalue weighted by Gasteiger charge is 2.36. The van der Waals surface area contributed by atoms with Crippen LogP contribution >= 0.6 is 0 Å². The van der Waals surface area contributed by atoms with Crippen molar-refractivity contribution in [3.63, 3.8) is 0 Å². The molecule has 0 spiro atoms. The monoisotopic (exact) mass is 249 g/mol. The molecule has 0 radical (unpaired) electrons. The summed E-state index contributed by atoms with van der Waals surface area (Å²) in [5.74, 6) is -1.86. The van der Waals surface area contributed by atoms with Crippen LogP contribution in [-0.2, 0) is 6.18 Å². The standard InChI is InChI=1S/C9H6F3NO4/c10-9(11,12)4-2-1-3-5(13-8(16)17)6(4)7(14)15/h1-3,13H,(H,14,15)(H,16,17). The molecule has 0 saturated heterocycles. The number of carboxylic acids is 1. The minimum Gasteiger partial charge on any atom is -0.478 e. The molecule has 0 atom stereocenters. The van der Waals surface area contributed by atoms with Gasteiger partial charge in [0.25, 0.3) is 0 Å². The zero-order valence-corrected chi connectivity index (χ0v) is 8.08. The summed E-state index contributed by atoms with van der Waals surface area (Å²) >= 11 is 0. The van der Waals surface area contributed by atoms with Crippen molar-refractivity contribution in [1.82, 2.24) is 0 Å². The van der Waals surface area contributed by atoms with Gasteiger partial charge in [-0.3, -0.25) is 5.32 Å². The first-order valence-corrected chi connectivity index (χ1v) is 4.17. The number of benzene rings is 1. The number of amides is 1. The highest BCUT2D eigenvalue weighted by Crippen LogP contribution is 2.35. The van der Waals surface area contributed by atoms with Crippen molar-refractivity contribution in [1.29, 1.82) is 0 Å². The number of carboxylic acid groups (broad SMARTS) is 2. The molecule has 92 valence electrons. The predicted octanol–water partition coefficient (Wildman–Crippen LogP) is 2.49. The molecular formula is C9H6F3NO4. The summed E-state index contributed by atoms with van der Waals surface area (Å²) in [7, 11) is 0. The number of anilines is 1. The third kappa shape index (κ3) is 2.86. The Morgan fingerprint density at radius 1 is 1.18 bits per heavy atom. The molecule has 8 heteroatoms. The highest BCUT2D eigenvalue weighted by atomic mass is 19.4. The van der Waals surface area contributed by atoms with Crippen molar-refractivity contribution in [2.24, 2.45) is 0 Å². The molecule has 0 bridgehead atoms. The van der Waals surface area contributed by atoms with Crippen LogP contribution in [0.25, 0.3) is 0 Å². The van der Waals surface area contributed by atoms with Crippen molar-refractivity contribution in [3.05, 3.63) is 29.3 Å². The zero-order chi connectivity index (χ0) is 13.2. The lowest BCUT2D eigenvalue weighted by molar-refractivity contribution is -0.138. The predicted molar refractivity (Wildman–Crippen MR) is 50.1 cm³/mol. The fourth-order valence-corrected chi connectivity index (χ4v) is 1.24. The summed E-state index contributed by atoms with van der Waals surface area (Å²) in [4.78, 5) is 21.1. The Morgan fingerprint density at radius 3 is 2.18 bits per heavy atom. The van der Waals surface area contributed by atoms with Gasteiger partial charge in [0.1, 0.15) is 0 Å². The van der Waals surface area contributed by atoms with Gasteiger partial charge in [0.2, 0.25) is 0 Å². The number of nitrogens with one attached hydrogen (secondary N) is 1. The van der Waals surface area contributed by atoms with Crippen LogP contribution in [0.4, 0.5) is 23.7 Å². The lowest BCUT2D eigenvalue weighted by Crippen LogP contribution is -2.17. The lowest BCUT2D eigenvalue weighted by atomic mass is 10.0. The SMILES string of the molecule is O=C(O)Nc1cccc(C(F)(F)F)c1C(=O)O. The lowest BCUT2D eigenvalue weighted by Gasteiger charge is -2.13. The Balaban J connectivity index is 3.43. The maximum Gasteiger partial charge on any atom is 0.417 e. The topological polar surface area (TPSA) is 86.6 Å². The van der Waals surface area contributed by atoms with E-state index >= 15 is 0 Å². The van der Waals surface area contributed by atoms with Gasteiger partial charge in [-0.25, -0.2) is 9.59 Å². The molecule has 0 aromatic heterocycles. The first-order chi connectivity index (χ1) is 7.73. The Morgan fingerprint density at radius 2 is 1.76 bits per heavy atom. The summed E-state index contributed by atoms with van der Waals surface area (Å²) in [5.41, 5.74) is -3.15. The van der Waals surface area contributed by atoms with Crippen LogP contribution in [0.2, 0.25) is 0 Å². The minimum atomic E-state index is -4.87. The van der Waals surface area contributed by atoms with E-state index < -0.39 is 35.1 Å². The number of rotatable bonds is 2. The normalized spacial score (nSPS) is 11.0. The average Bonchev–Trinajstić information content (AvgIpc) is 2.14. The van der Waals surface area contributed by atoms with E-state index in [0.29, 0.717) is 6.07 Å². The van der Waals surface area contributed by atoms with E-state index in [9.17, 15) is 22.8 Å². The average molecular weight is 249 g/mol. The van der Waals surface area contributed by atoms with Crippen LogP contribution in [0.15, 0.2) is 18.2 Å². The molecule has 0 heterocycles. The third-order valence-electron chi connectivity index (χ3n) is 1.83. The summed E-state index contributed by atoms with van der Waals surface area (Å²) in [6, 6.07) is 2.42. The van der Waals surface area contributed by atoms with Crippen LogP contribution in [0.3, 0.4) is 0 Å². The van der Waals surface area contributed by atoms with Crippen molar-refractivity contribution in [2.75, 3.05) is 5.32 Å². The molecule has 17 heavy (non-hydrogen) atoms. The van der Waals surface area contributed by atoms with Crippen molar-refractivity contribution < 1.29 is 33.0 Å². The second kappa shape index (κ2) is 4.32. The molecule has 0 aliphatic rings. The van der Waals surface area contributed by atoms with E-state index in [1.807, 2.05) is 0 Å². The molecule has 1 rings (SSSR count). The smallest absolute Gasteiger partial charge is 0.417 e. The van der Waals surface area contributed by atoms with Gasteiger partial charge in [0.15, 0.2) is 0 Å². The Bertz CT molecular complexity index is 470. The summed E-state index contributed by atoms with van der Waals surface area (Å²) in [5, 5.41) is 18.7. The van der Waals surface area contributed by atoms with Gasteiger partial charge in [-0.05, 0) is 12.1 Å². The Kier molecular flexibility index (Phi) is 3.26. The van der Waals surface area contributed by atoms with Gasteiger partial charge >= 0.3 is 18.2 Å². The maximum absolute atomic E-state index is 12.5. The largest absolute Gasteiger partial charge is 0.478 e. The van der Waals surface area contributed by atoms with Crippen LogP contribution in [0, 0.1) is 0 Å². The van der Waals surface area contributed by atoms with E-state index in [1.165, 1.54) is 0 Å². The van der Waals surface area contributed by atoms with Crippen molar-refractivity contribution >= 4 is 17.7 Å². The molecular weight excluding hydrogens is 243 g/mol. The van der Waals surface area contributed by atoms with E-state index in [0.717, 1.165) is 12.1 Å². The fraction of sp³-hybridized carbons (Fsp3) is 0.111. The quantitative estimate of drug-likeness (QED) is 0.751. The van der Waals surface area contributed by atoms with Crippen LogP contribution < -0.4 is 5.32 Å². The number of halogens is 3. The van der Waals surface area contributed by atoms with Crippen LogP contribution in [-0.4, -0.2) is 22.3 Å². The summed E-state index contributed by atoms with van der Waals surface area (Å²) in [6.07, 6.45) is -6.52.